The van der Waals surface area contributed by atoms with E-state index in [0.29, 0.717) is 24.7 Å². The monoisotopic (exact) mass is 252 g/mol. The molecule has 5 nitrogen and oxygen atoms in total. The normalized spacial score (nSPS) is 12.4. The van der Waals surface area contributed by atoms with Gasteiger partial charge in [0.25, 0.3) is 0 Å². The van der Waals surface area contributed by atoms with Crippen LogP contribution in [-0.4, -0.2) is 22.2 Å². The van der Waals surface area contributed by atoms with Gasteiger partial charge in [-0.25, -0.2) is 0 Å². The minimum atomic E-state index is 0.0311. The Morgan fingerprint density at radius 3 is 2.78 bits per heavy atom. The Hall–Kier alpha value is -1.36. The minimum Gasteiger partial charge on any atom is -0.330 e. The predicted molar refractivity (Wildman–Crippen MR) is 73.3 cm³/mol. The minimum absolute atomic E-state index is 0.0311. The maximum atomic E-state index is 11.8. The number of aryl methyl sites for hydroxylation is 2. The number of carbonyl (C=O) groups excluding carboxylic acids is 1. The summed E-state index contributed by atoms with van der Waals surface area (Å²) in [5.74, 6) is 1.21. The van der Waals surface area contributed by atoms with Crippen LogP contribution in [0.1, 0.15) is 38.3 Å². The van der Waals surface area contributed by atoms with Crippen LogP contribution >= 0.6 is 0 Å². The van der Waals surface area contributed by atoms with Crippen molar-refractivity contribution in [1.82, 2.24) is 9.78 Å². The second kappa shape index (κ2) is 7.16. The Bertz CT molecular complexity index is 367. The lowest BCUT2D eigenvalue weighted by Crippen LogP contribution is -2.15. The molecule has 1 rings (SSSR count). The zero-order valence-electron chi connectivity index (χ0n) is 11.6. The number of rotatable bonds is 7. The van der Waals surface area contributed by atoms with Crippen molar-refractivity contribution in [2.45, 2.75) is 39.5 Å². The summed E-state index contributed by atoms with van der Waals surface area (Å²) in [4.78, 5) is 11.8. The molecule has 0 bridgehead atoms. The van der Waals surface area contributed by atoms with Gasteiger partial charge in [-0.3, -0.25) is 9.48 Å². The molecule has 1 amide bonds. The largest absolute Gasteiger partial charge is 0.330 e. The highest BCUT2D eigenvalue weighted by molar-refractivity contribution is 5.89. The van der Waals surface area contributed by atoms with Crippen molar-refractivity contribution in [3.63, 3.8) is 0 Å². The first-order valence-corrected chi connectivity index (χ1v) is 6.57. The Labute approximate surface area is 109 Å². The molecule has 0 spiro atoms. The van der Waals surface area contributed by atoms with Gasteiger partial charge in [-0.15, -0.1) is 0 Å². The van der Waals surface area contributed by atoms with Crippen LogP contribution in [0, 0.1) is 12.8 Å². The SMILES string of the molecule is CCC(CCN)CCC(=O)Nc1cc(C)n(C)n1. The number of hydrogen-bond donors (Lipinski definition) is 2. The molecule has 0 aliphatic rings. The first-order valence-electron chi connectivity index (χ1n) is 6.57. The van der Waals surface area contributed by atoms with Crippen molar-refractivity contribution < 1.29 is 4.79 Å². The quantitative estimate of drug-likeness (QED) is 0.777. The summed E-state index contributed by atoms with van der Waals surface area (Å²) < 4.78 is 1.75. The lowest BCUT2D eigenvalue weighted by molar-refractivity contribution is -0.116. The molecule has 0 fully saturated rings. The fourth-order valence-electron chi connectivity index (χ4n) is 1.95. The van der Waals surface area contributed by atoms with Crippen LogP contribution in [0.5, 0.6) is 0 Å². The predicted octanol–water partition coefficient (Wildman–Crippen LogP) is 1.82. The first-order chi connectivity index (χ1) is 8.56. The second-order valence-electron chi connectivity index (χ2n) is 4.73. The first kappa shape index (κ1) is 14.7. The zero-order chi connectivity index (χ0) is 13.5. The van der Waals surface area contributed by atoms with Crippen molar-refractivity contribution >= 4 is 11.7 Å². The molecular formula is C13H24N4O. The highest BCUT2D eigenvalue weighted by atomic mass is 16.1. The number of nitrogens with zero attached hydrogens (tertiary/aromatic N) is 2. The van der Waals surface area contributed by atoms with Gasteiger partial charge in [-0.2, -0.15) is 5.10 Å². The molecule has 1 atom stereocenters. The number of anilines is 1. The number of amides is 1. The van der Waals surface area contributed by atoms with Gasteiger partial charge in [0.2, 0.25) is 5.91 Å². The lowest BCUT2D eigenvalue weighted by Gasteiger charge is -2.12. The molecule has 0 aliphatic heterocycles. The molecule has 3 N–H and O–H groups in total. The highest BCUT2D eigenvalue weighted by Gasteiger charge is 2.10. The molecule has 18 heavy (non-hydrogen) atoms. The molecule has 0 aromatic carbocycles. The van der Waals surface area contributed by atoms with E-state index in [-0.39, 0.29) is 5.91 Å². The topological polar surface area (TPSA) is 72.9 Å². The van der Waals surface area contributed by atoms with Crippen molar-refractivity contribution in [3.05, 3.63) is 11.8 Å². The van der Waals surface area contributed by atoms with Crippen LogP contribution in [-0.2, 0) is 11.8 Å². The van der Waals surface area contributed by atoms with Crippen molar-refractivity contribution in [2.24, 2.45) is 18.7 Å². The van der Waals surface area contributed by atoms with Gasteiger partial charge in [0, 0.05) is 25.2 Å². The maximum absolute atomic E-state index is 11.8. The molecule has 1 unspecified atom stereocenters. The number of carbonyl (C=O) groups is 1. The van der Waals surface area contributed by atoms with Crippen LogP contribution in [0.3, 0.4) is 0 Å². The van der Waals surface area contributed by atoms with Crippen LogP contribution in [0.25, 0.3) is 0 Å². The van der Waals surface area contributed by atoms with E-state index in [4.69, 9.17) is 5.73 Å². The molecular weight excluding hydrogens is 228 g/mol. The van der Waals surface area contributed by atoms with Crippen LogP contribution in [0.15, 0.2) is 6.07 Å². The summed E-state index contributed by atoms with van der Waals surface area (Å²) in [7, 11) is 1.86. The standard InChI is InChI=1S/C13H24N4O/c1-4-11(7-8-14)5-6-13(18)15-12-9-10(2)17(3)16-12/h9,11H,4-8,14H2,1-3H3,(H,15,16,18). The van der Waals surface area contributed by atoms with Gasteiger partial charge in [0.05, 0.1) is 0 Å². The Morgan fingerprint density at radius 2 is 2.28 bits per heavy atom. The molecule has 1 heterocycles. The lowest BCUT2D eigenvalue weighted by atomic mass is 9.96. The van der Waals surface area contributed by atoms with Crippen LogP contribution in [0.2, 0.25) is 0 Å². The molecule has 0 aliphatic carbocycles. The van der Waals surface area contributed by atoms with Gasteiger partial charge < -0.3 is 11.1 Å². The van der Waals surface area contributed by atoms with Crippen molar-refractivity contribution in [1.29, 1.82) is 0 Å². The van der Waals surface area contributed by atoms with Gasteiger partial charge in [-0.1, -0.05) is 13.3 Å². The molecule has 1 aromatic heterocycles. The van der Waals surface area contributed by atoms with Crippen LogP contribution < -0.4 is 11.1 Å². The number of hydrogen-bond acceptors (Lipinski definition) is 3. The molecule has 0 radical (unpaired) electrons. The summed E-state index contributed by atoms with van der Waals surface area (Å²) in [5.41, 5.74) is 6.57. The zero-order valence-corrected chi connectivity index (χ0v) is 11.6. The van der Waals surface area contributed by atoms with Crippen molar-refractivity contribution in [3.8, 4) is 0 Å². The van der Waals surface area contributed by atoms with E-state index < -0.39 is 0 Å². The molecule has 0 saturated carbocycles. The van der Waals surface area contributed by atoms with Crippen molar-refractivity contribution in [2.75, 3.05) is 11.9 Å². The Balaban J connectivity index is 2.37. The average Bonchev–Trinajstić information content (AvgIpc) is 2.63. The van der Waals surface area contributed by atoms with E-state index in [0.717, 1.165) is 25.0 Å². The third-order valence-corrected chi connectivity index (χ3v) is 3.31. The summed E-state index contributed by atoms with van der Waals surface area (Å²) in [5, 5.41) is 7.02. The Kier molecular flexibility index (Phi) is 5.85. The van der Waals surface area contributed by atoms with Crippen LogP contribution in [0.4, 0.5) is 5.82 Å². The number of nitrogens with two attached hydrogens (primary N) is 1. The summed E-state index contributed by atoms with van der Waals surface area (Å²) in [6, 6.07) is 1.87. The van der Waals surface area contributed by atoms with E-state index >= 15 is 0 Å². The molecule has 1 aromatic rings. The fraction of sp³-hybridized carbons (Fsp3) is 0.692. The van der Waals surface area contributed by atoms with Gasteiger partial charge >= 0.3 is 0 Å². The summed E-state index contributed by atoms with van der Waals surface area (Å²) >= 11 is 0. The number of nitrogens with one attached hydrogen (secondary N) is 1. The number of aromatic nitrogens is 2. The van der Waals surface area contributed by atoms with E-state index in [9.17, 15) is 4.79 Å². The average molecular weight is 252 g/mol. The second-order valence-corrected chi connectivity index (χ2v) is 4.73. The summed E-state index contributed by atoms with van der Waals surface area (Å²) in [6.45, 7) is 4.79. The van der Waals surface area contributed by atoms with Gasteiger partial charge in [0.15, 0.2) is 5.82 Å². The van der Waals surface area contributed by atoms with E-state index in [1.54, 1.807) is 4.68 Å². The maximum Gasteiger partial charge on any atom is 0.225 e. The van der Waals surface area contributed by atoms with E-state index in [1.807, 2.05) is 20.0 Å². The van der Waals surface area contributed by atoms with Gasteiger partial charge in [-0.05, 0) is 32.2 Å². The third-order valence-electron chi connectivity index (χ3n) is 3.31. The fourth-order valence-corrected chi connectivity index (χ4v) is 1.95. The molecule has 5 heteroatoms. The van der Waals surface area contributed by atoms with E-state index in [1.165, 1.54) is 0 Å². The summed E-state index contributed by atoms with van der Waals surface area (Å²) in [6.07, 6.45) is 3.50. The third kappa shape index (κ3) is 4.49. The Morgan fingerprint density at radius 1 is 1.56 bits per heavy atom. The molecule has 0 saturated heterocycles. The molecule has 102 valence electrons. The highest BCUT2D eigenvalue weighted by Crippen LogP contribution is 2.15. The van der Waals surface area contributed by atoms with Gasteiger partial charge in [0.1, 0.15) is 0 Å². The smallest absolute Gasteiger partial charge is 0.225 e. The van der Waals surface area contributed by atoms with E-state index in [2.05, 4.69) is 17.3 Å².